The number of fused-ring (bicyclic) bond motifs is 1. The van der Waals surface area contributed by atoms with E-state index in [0.29, 0.717) is 41.5 Å². The Morgan fingerprint density at radius 1 is 0.848 bits per heavy atom. The number of ether oxygens (including phenoxy) is 1. The number of halogens is 1. The van der Waals surface area contributed by atoms with E-state index in [9.17, 15) is 14.4 Å². The molecule has 1 aromatic carbocycles. The molecule has 0 fully saturated rings. The Labute approximate surface area is 202 Å². The minimum Gasteiger partial charge on any atom is -0.491 e. The van der Waals surface area contributed by atoms with Gasteiger partial charge in [-0.3, -0.25) is 14.4 Å². The molecule has 0 aromatic heterocycles. The molecular formula is C25H38ClN3O4. The van der Waals surface area contributed by atoms with E-state index in [1.807, 2.05) is 27.7 Å². The molecule has 7 nitrogen and oxygen atoms in total. The maximum absolute atomic E-state index is 13.2. The van der Waals surface area contributed by atoms with Crippen molar-refractivity contribution in [1.29, 1.82) is 0 Å². The van der Waals surface area contributed by atoms with Crippen molar-refractivity contribution in [3.8, 4) is 5.75 Å². The zero-order valence-corrected chi connectivity index (χ0v) is 21.3. The highest BCUT2D eigenvalue weighted by molar-refractivity contribution is 6.30. The highest BCUT2D eigenvalue weighted by Gasteiger charge is 2.31. The van der Waals surface area contributed by atoms with Crippen molar-refractivity contribution in [2.45, 2.75) is 78.9 Å². The average Bonchev–Trinajstić information content (AvgIpc) is 2.69. The van der Waals surface area contributed by atoms with E-state index in [0.717, 1.165) is 0 Å². The molecule has 0 saturated heterocycles. The summed E-state index contributed by atoms with van der Waals surface area (Å²) in [6.07, 6.45) is 1.62. The van der Waals surface area contributed by atoms with Crippen LogP contribution in [0.1, 0.15) is 71.2 Å². The molecule has 0 spiro atoms. The third-order valence-electron chi connectivity index (χ3n) is 5.40. The average molecular weight is 480 g/mol. The third-order valence-corrected chi connectivity index (χ3v) is 5.63. The first-order valence-electron chi connectivity index (χ1n) is 11.8. The molecule has 1 heterocycles. The molecule has 3 atom stereocenters. The Morgan fingerprint density at radius 2 is 1.39 bits per heavy atom. The van der Waals surface area contributed by atoms with Gasteiger partial charge in [0.2, 0.25) is 11.8 Å². The van der Waals surface area contributed by atoms with Crippen molar-refractivity contribution < 1.29 is 19.1 Å². The second kappa shape index (κ2) is 12.3. The SMILES string of the molecule is CC(C)C[C@@H]1COc2cc(Cl)ccc2C(=O)N[C@@H](CC(C)C)C(=O)N[C@@H](CC(C)C)C(=O)N1. The van der Waals surface area contributed by atoms with E-state index in [2.05, 4.69) is 29.8 Å². The maximum atomic E-state index is 13.2. The van der Waals surface area contributed by atoms with Crippen molar-refractivity contribution in [2.24, 2.45) is 17.8 Å². The molecule has 0 aliphatic carbocycles. The molecule has 3 amide bonds. The Hall–Kier alpha value is -2.28. The summed E-state index contributed by atoms with van der Waals surface area (Å²) in [6, 6.07) is 3.03. The van der Waals surface area contributed by atoms with Crippen molar-refractivity contribution in [3.05, 3.63) is 28.8 Å². The monoisotopic (exact) mass is 479 g/mol. The molecular weight excluding hydrogens is 442 g/mol. The van der Waals surface area contributed by atoms with Crippen LogP contribution in [0.15, 0.2) is 18.2 Å². The zero-order valence-electron chi connectivity index (χ0n) is 20.5. The predicted molar refractivity (Wildman–Crippen MR) is 130 cm³/mol. The summed E-state index contributed by atoms with van der Waals surface area (Å²) in [5.41, 5.74) is 0.300. The predicted octanol–water partition coefficient (Wildman–Crippen LogP) is 3.94. The molecule has 1 aliphatic rings. The molecule has 1 aliphatic heterocycles. The minimum atomic E-state index is -0.782. The lowest BCUT2D eigenvalue weighted by molar-refractivity contribution is -0.131. The summed E-state index contributed by atoms with van der Waals surface area (Å²) in [4.78, 5) is 39.5. The van der Waals surface area contributed by atoms with Gasteiger partial charge in [0, 0.05) is 5.02 Å². The molecule has 1 aromatic rings. The number of rotatable bonds is 6. The molecule has 2 rings (SSSR count). The van der Waals surface area contributed by atoms with Crippen LogP contribution < -0.4 is 20.7 Å². The van der Waals surface area contributed by atoms with E-state index < -0.39 is 18.0 Å². The van der Waals surface area contributed by atoms with E-state index in [4.69, 9.17) is 16.3 Å². The van der Waals surface area contributed by atoms with Crippen LogP contribution in [-0.4, -0.2) is 42.5 Å². The van der Waals surface area contributed by atoms with E-state index in [1.165, 1.54) is 0 Å². The lowest BCUT2D eigenvalue weighted by Gasteiger charge is -2.27. The first-order chi connectivity index (χ1) is 15.5. The van der Waals surface area contributed by atoms with Gasteiger partial charge < -0.3 is 20.7 Å². The Morgan fingerprint density at radius 3 is 1.97 bits per heavy atom. The Bertz CT molecular complexity index is 841. The lowest BCUT2D eigenvalue weighted by Crippen LogP contribution is -2.55. The number of hydrogen-bond donors (Lipinski definition) is 3. The van der Waals surface area contributed by atoms with Crippen LogP contribution in [0, 0.1) is 17.8 Å². The van der Waals surface area contributed by atoms with Crippen LogP contribution in [0.4, 0.5) is 0 Å². The molecule has 0 unspecified atom stereocenters. The Balaban J connectivity index is 2.47. The van der Waals surface area contributed by atoms with Crippen molar-refractivity contribution >= 4 is 29.3 Å². The van der Waals surface area contributed by atoms with Crippen molar-refractivity contribution in [2.75, 3.05) is 6.61 Å². The third kappa shape index (κ3) is 8.54. The van der Waals surface area contributed by atoms with Crippen LogP contribution in [-0.2, 0) is 9.59 Å². The van der Waals surface area contributed by atoms with Gasteiger partial charge in [0.1, 0.15) is 24.4 Å². The quantitative estimate of drug-likeness (QED) is 0.575. The van der Waals surface area contributed by atoms with E-state index in [-0.39, 0.29) is 36.3 Å². The van der Waals surface area contributed by atoms with Gasteiger partial charge >= 0.3 is 0 Å². The molecule has 184 valence electrons. The van der Waals surface area contributed by atoms with Crippen molar-refractivity contribution in [1.82, 2.24) is 16.0 Å². The number of amides is 3. The summed E-state index contributed by atoms with van der Waals surface area (Å²) in [5, 5.41) is 9.22. The fraction of sp³-hybridized carbons (Fsp3) is 0.640. The molecule has 0 radical (unpaired) electrons. The summed E-state index contributed by atoms with van der Waals surface area (Å²) in [7, 11) is 0. The smallest absolute Gasteiger partial charge is 0.255 e. The molecule has 33 heavy (non-hydrogen) atoms. The largest absolute Gasteiger partial charge is 0.491 e. The van der Waals surface area contributed by atoms with Gasteiger partial charge in [-0.25, -0.2) is 0 Å². The standard InChI is InChI=1S/C25H38ClN3O4/c1-14(2)9-18-13-33-22-12-17(26)7-8-19(22)23(30)28-21(11-16(5)6)25(32)29-20(10-15(3)4)24(31)27-18/h7-8,12,14-16,18,20-21H,9-11,13H2,1-6H3,(H,27,31)(H,28,30)(H,29,32)/t18-,20+,21+/m1/s1. The molecule has 0 bridgehead atoms. The second-order valence-corrected chi connectivity index (χ2v) is 10.6. The fourth-order valence-electron chi connectivity index (χ4n) is 3.95. The fourth-order valence-corrected chi connectivity index (χ4v) is 4.11. The van der Waals surface area contributed by atoms with Gasteiger partial charge in [-0.05, 0) is 55.2 Å². The van der Waals surface area contributed by atoms with Crippen LogP contribution in [0.2, 0.25) is 5.02 Å². The zero-order chi connectivity index (χ0) is 24.7. The molecule has 0 saturated carbocycles. The van der Waals surface area contributed by atoms with Gasteiger partial charge in [0.15, 0.2) is 0 Å². The molecule has 3 N–H and O–H groups in total. The highest BCUT2D eigenvalue weighted by Crippen LogP contribution is 2.25. The number of nitrogens with one attached hydrogen (secondary N) is 3. The number of carbonyl (C=O) groups is 3. The van der Waals surface area contributed by atoms with Crippen LogP contribution in [0.25, 0.3) is 0 Å². The Kier molecular flexibility index (Phi) is 10.0. The lowest BCUT2D eigenvalue weighted by atomic mass is 9.99. The van der Waals surface area contributed by atoms with E-state index in [1.54, 1.807) is 18.2 Å². The summed E-state index contributed by atoms with van der Waals surface area (Å²) in [6.45, 7) is 12.3. The van der Waals surface area contributed by atoms with E-state index >= 15 is 0 Å². The van der Waals surface area contributed by atoms with Crippen molar-refractivity contribution in [3.63, 3.8) is 0 Å². The summed E-state index contributed by atoms with van der Waals surface area (Å²) in [5.74, 6) is -0.0382. The van der Waals surface area contributed by atoms with Gasteiger partial charge in [0.05, 0.1) is 11.6 Å². The number of benzene rings is 1. The van der Waals surface area contributed by atoms with Crippen LogP contribution in [0.5, 0.6) is 5.75 Å². The number of hydrogen-bond acceptors (Lipinski definition) is 4. The topological polar surface area (TPSA) is 96.5 Å². The van der Waals surface area contributed by atoms with Crippen LogP contribution >= 0.6 is 11.6 Å². The van der Waals surface area contributed by atoms with Gasteiger partial charge in [-0.1, -0.05) is 53.1 Å². The summed E-state index contributed by atoms with van der Waals surface area (Å²) < 4.78 is 6.01. The van der Waals surface area contributed by atoms with Gasteiger partial charge in [-0.15, -0.1) is 0 Å². The normalized spacial score (nSPS) is 22.5. The van der Waals surface area contributed by atoms with Gasteiger partial charge in [0.25, 0.3) is 5.91 Å². The molecule has 8 heteroatoms. The minimum absolute atomic E-state index is 0.158. The highest BCUT2D eigenvalue weighted by atomic mass is 35.5. The first-order valence-corrected chi connectivity index (χ1v) is 12.2. The maximum Gasteiger partial charge on any atom is 0.255 e. The number of carbonyl (C=O) groups excluding carboxylic acids is 3. The summed E-state index contributed by atoms with van der Waals surface area (Å²) >= 11 is 6.16. The second-order valence-electron chi connectivity index (χ2n) is 10.1. The first kappa shape index (κ1) is 27.0. The van der Waals surface area contributed by atoms with Crippen LogP contribution in [0.3, 0.4) is 0 Å². The van der Waals surface area contributed by atoms with Gasteiger partial charge in [-0.2, -0.15) is 0 Å².